The molecule has 6 N–H and O–H groups in total. The van der Waals surface area contributed by atoms with Crippen LogP contribution in [0.3, 0.4) is 0 Å². The zero-order valence-corrected chi connectivity index (χ0v) is 5.79. The third kappa shape index (κ3) is 5.95. The molecule has 0 aliphatic heterocycles. The van der Waals surface area contributed by atoms with Gasteiger partial charge in [0, 0.05) is 12.6 Å². The highest BCUT2D eigenvalue weighted by atomic mass is 31.2. The summed E-state index contributed by atoms with van der Waals surface area (Å²) in [6.45, 7) is 0.102. The van der Waals surface area contributed by atoms with E-state index in [9.17, 15) is 4.57 Å². The van der Waals surface area contributed by atoms with Crippen molar-refractivity contribution >= 4 is 7.60 Å². The molecule has 5 nitrogen and oxygen atoms in total. The SMILES string of the molecule is NCC(N)CP(=O)(O)O. The molecule has 0 aromatic carbocycles. The van der Waals surface area contributed by atoms with Gasteiger partial charge >= 0.3 is 7.60 Å². The largest absolute Gasteiger partial charge is 0.329 e. The number of hydrogen-bond donors (Lipinski definition) is 4. The minimum atomic E-state index is -3.94. The third-order valence-electron chi connectivity index (χ3n) is 0.775. The van der Waals surface area contributed by atoms with Crippen molar-refractivity contribution in [2.24, 2.45) is 11.5 Å². The molecular weight excluding hydrogens is 143 g/mol. The van der Waals surface area contributed by atoms with Crippen molar-refractivity contribution in [2.75, 3.05) is 12.7 Å². The monoisotopic (exact) mass is 154 g/mol. The molecule has 0 aliphatic carbocycles. The van der Waals surface area contributed by atoms with Crippen LogP contribution in [0.5, 0.6) is 0 Å². The summed E-state index contributed by atoms with van der Waals surface area (Å²) in [6, 6.07) is -0.592. The van der Waals surface area contributed by atoms with E-state index in [1.165, 1.54) is 0 Å². The van der Waals surface area contributed by atoms with Crippen LogP contribution in [-0.4, -0.2) is 28.5 Å². The van der Waals surface area contributed by atoms with Gasteiger partial charge in [-0.3, -0.25) is 4.57 Å². The standard InChI is InChI=1S/C3H11N2O3P/c4-1-3(5)2-9(6,7)8/h3H,1-2,4-5H2,(H2,6,7,8). The van der Waals surface area contributed by atoms with E-state index in [0.29, 0.717) is 0 Å². The van der Waals surface area contributed by atoms with Crippen molar-refractivity contribution in [2.45, 2.75) is 6.04 Å². The first-order chi connectivity index (χ1) is 3.95. The zero-order chi connectivity index (χ0) is 7.49. The fourth-order valence-corrected chi connectivity index (χ4v) is 1.14. The molecule has 0 saturated heterocycles. The van der Waals surface area contributed by atoms with E-state index in [1.807, 2.05) is 0 Å². The highest BCUT2D eigenvalue weighted by Gasteiger charge is 2.16. The summed E-state index contributed by atoms with van der Waals surface area (Å²) in [5.74, 6) is 0. The summed E-state index contributed by atoms with van der Waals surface area (Å²) in [6.07, 6.45) is -0.330. The molecule has 0 radical (unpaired) electrons. The van der Waals surface area contributed by atoms with Gasteiger partial charge in [-0.25, -0.2) is 0 Å². The first-order valence-electron chi connectivity index (χ1n) is 2.46. The molecule has 9 heavy (non-hydrogen) atoms. The summed E-state index contributed by atoms with van der Waals surface area (Å²) in [7, 11) is -3.94. The Hall–Kier alpha value is 0.0700. The van der Waals surface area contributed by atoms with Gasteiger partial charge in [-0.15, -0.1) is 0 Å². The zero-order valence-electron chi connectivity index (χ0n) is 4.90. The Kier molecular flexibility index (Phi) is 3.32. The second-order valence-corrected chi connectivity index (χ2v) is 3.54. The van der Waals surface area contributed by atoms with Crippen LogP contribution in [0.25, 0.3) is 0 Å². The van der Waals surface area contributed by atoms with Crippen molar-refractivity contribution in [3.8, 4) is 0 Å². The number of nitrogens with two attached hydrogens (primary N) is 2. The minimum Gasteiger partial charge on any atom is -0.329 e. The minimum absolute atomic E-state index is 0.102. The first-order valence-corrected chi connectivity index (χ1v) is 4.25. The van der Waals surface area contributed by atoms with E-state index >= 15 is 0 Å². The topological polar surface area (TPSA) is 110 Å². The van der Waals surface area contributed by atoms with Crippen LogP contribution >= 0.6 is 7.60 Å². The quantitative estimate of drug-likeness (QED) is 0.368. The summed E-state index contributed by atoms with van der Waals surface area (Å²) in [5.41, 5.74) is 10.2. The smallest absolute Gasteiger partial charge is 0.327 e. The van der Waals surface area contributed by atoms with E-state index in [2.05, 4.69) is 0 Å². The van der Waals surface area contributed by atoms with Gasteiger partial charge in [0.1, 0.15) is 0 Å². The van der Waals surface area contributed by atoms with Crippen LogP contribution in [0.15, 0.2) is 0 Å². The molecule has 0 fully saturated rings. The van der Waals surface area contributed by atoms with Gasteiger partial charge in [0.15, 0.2) is 0 Å². The van der Waals surface area contributed by atoms with Crippen molar-refractivity contribution in [3.63, 3.8) is 0 Å². The van der Waals surface area contributed by atoms with Gasteiger partial charge in [-0.2, -0.15) is 0 Å². The van der Waals surface area contributed by atoms with Gasteiger partial charge < -0.3 is 21.3 Å². The second kappa shape index (κ2) is 3.29. The predicted octanol–water partition coefficient (Wildman–Crippen LogP) is -1.55. The van der Waals surface area contributed by atoms with E-state index in [-0.39, 0.29) is 12.7 Å². The second-order valence-electron chi connectivity index (χ2n) is 1.84. The van der Waals surface area contributed by atoms with Gasteiger partial charge in [0.25, 0.3) is 0 Å². The molecule has 0 bridgehead atoms. The van der Waals surface area contributed by atoms with E-state index in [1.54, 1.807) is 0 Å². The van der Waals surface area contributed by atoms with Gasteiger partial charge in [0.05, 0.1) is 6.16 Å². The molecular formula is C3H11N2O3P. The Bertz CT molecular complexity index is 122. The molecule has 0 spiro atoms. The Morgan fingerprint density at radius 3 is 2.11 bits per heavy atom. The highest BCUT2D eigenvalue weighted by molar-refractivity contribution is 7.51. The summed E-state index contributed by atoms with van der Waals surface area (Å²) < 4.78 is 10.2. The molecule has 1 atom stereocenters. The van der Waals surface area contributed by atoms with Crippen molar-refractivity contribution in [3.05, 3.63) is 0 Å². The predicted molar refractivity (Wildman–Crippen MR) is 33.9 cm³/mol. The van der Waals surface area contributed by atoms with Crippen LogP contribution in [0.2, 0.25) is 0 Å². The van der Waals surface area contributed by atoms with Crippen LogP contribution < -0.4 is 11.5 Å². The molecule has 0 heterocycles. The average molecular weight is 154 g/mol. The normalized spacial score (nSPS) is 15.6. The lowest BCUT2D eigenvalue weighted by molar-refractivity contribution is 0.369. The maximum atomic E-state index is 10.2. The maximum absolute atomic E-state index is 10.2. The summed E-state index contributed by atoms with van der Waals surface area (Å²) in [4.78, 5) is 16.6. The van der Waals surface area contributed by atoms with E-state index < -0.39 is 13.6 Å². The molecule has 1 unspecified atom stereocenters. The Labute approximate surface area is 53.2 Å². The Morgan fingerprint density at radius 2 is 2.00 bits per heavy atom. The lowest BCUT2D eigenvalue weighted by atomic mass is 10.4. The van der Waals surface area contributed by atoms with Crippen LogP contribution in [0, 0.1) is 0 Å². The van der Waals surface area contributed by atoms with Crippen LogP contribution in [-0.2, 0) is 4.57 Å². The molecule has 0 saturated carbocycles. The molecule has 0 amide bonds. The van der Waals surface area contributed by atoms with Gasteiger partial charge in [-0.05, 0) is 0 Å². The molecule has 6 heteroatoms. The van der Waals surface area contributed by atoms with Crippen molar-refractivity contribution in [1.29, 1.82) is 0 Å². The lowest BCUT2D eigenvalue weighted by Gasteiger charge is -2.08. The van der Waals surface area contributed by atoms with E-state index in [4.69, 9.17) is 21.3 Å². The highest BCUT2D eigenvalue weighted by Crippen LogP contribution is 2.34. The molecule has 0 rings (SSSR count). The first kappa shape index (κ1) is 9.07. The molecule has 0 aromatic rings. The number of rotatable bonds is 3. The lowest BCUT2D eigenvalue weighted by Crippen LogP contribution is -2.32. The van der Waals surface area contributed by atoms with E-state index in [0.717, 1.165) is 0 Å². The Morgan fingerprint density at radius 1 is 1.56 bits per heavy atom. The van der Waals surface area contributed by atoms with Gasteiger partial charge in [-0.1, -0.05) is 0 Å². The fraction of sp³-hybridized carbons (Fsp3) is 1.00. The summed E-state index contributed by atoms with van der Waals surface area (Å²) >= 11 is 0. The van der Waals surface area contributed by atoms with Crippen LogP contribution in [0.1, 0.15) is 0 Å². The molecule has 0 aliphatic rings. The molecule has 56 valence electrons. The average Bonchev–Trinajstić information content (AvgIpc) is 1.62. The van der Waals surface area contributed by atoms with Gasteiger partial charge in [0.2, 0.25) is 0 Å². The molecule has 0 aromatic heterocycles. The van der Waals surface area contributed by atoms with Crippen molar-refractivity contribution < 1.29 is 14.4 Å². The Balaban J connectivity index is 3.60. The summed E-state index contributed by atoms with van der Waals surface area (Å²) in [5, 5.41) is 0. The van der Waals surface area contributed by atoms with Crippen LogP contribution in [0.4, 0.5) is 0 Å². The fourth-order valence-electron chi connectivity index (χ4n) is 0.380. The third-order valence-corrected chi connectivity index (χ3v) is 1.72. The maximum Gasteiger partial charge on any atom is 0.327 e. The van der Waals surface area contributed by atoms with Crippen molar-refractivity contribution in [1.82, 2.24) is 0 Å². The number of hydrogen-bond acceptors (Lipinski definition) is 3.